The molecule has 1 atom stereocenters. The van der Waals surface area contributed by atoms with Gasteiger partial charge in [0.2, 0.25) is 0 Å². The molecule has 1 amide bonds. The number of nitrogens with one attached hydrogen (secondary N) is 1. The molecule has 9 heteroatoms. The average Bonchev–Trinajstić information content (AvgIpc) is 2.74. The quantitative estimate of drug-likeness (QED) is 0.633. The van der Waals surface area contributed by atoms with Crippen molar-refractivity contribution in [2.45, 2.75) is 18.9 Å². The zero-order valence-corrected chi connectivity index (χ0v) is 16.7. The maximum Gasteiger partial charge on any atom is 0.274 e. The summed E-state index contributed by atoms with van der Waals surface area (Å²) in [7, 11) is 1.78. The third kappa shape index (κ3) is 4.16. The fraction of sp³-hybridized carbons (Fsp3) is 0.238. The van der Waals surface area contributed by atoms with E-state index in [0.717, 1.165) is 31.6 Å². The van der Waals surface area contributed by atoms with Crippen molar-refractivity contribution in [3.05, 3.63) is 60.4 Å². The van der Waals surface area contributed by atoms with E-state index < -0.39 is 11.7 Å². The predicted molar refractivity (Wildman–Crippen MR) is 117 cm³/mol. The average molecular weight is 404 g/mol. The summed E-state index contributed by atoms with van der Waals surface area (Å²) in [5, 5.41) is 2.88. The third-order valence-electron chi connectivity index (χ3n) is 5.18. The highest BCUT2D eigenvalue weighted by atomic mass is 19.1. The first-order valence-corrected chi connectivity index (χ1v) is 9.87. The van der Waals surface area contributed by atoms with Crippen LogP contribution in [0, 0.1) is 5.82 Å². The van der Waals surface area contributed by atoms with Gasteiger partial charge in [0.15, 0.2) is 5.82 Å². The van der Waals surface area contributed by atoms with Gasteiger partial charge in [-0.05, 0) is 31.0 Å². The molecule has 0 saturated carbocycles. The number of benzene rings is 1. The molecule has 30 heavy (non-hydrogen) atoms. The Balaban J connectivity index is 1.60. The zero-order valence-electron chi connectivity index (χ0n) is 16.7. The molecule has 0 spiro atoms. The molecule has 1 fully saturated rings. The fourth-order valence-electron chi connectivity index (χ4n) is 3.70. The van der Waals surface area contributed by atoms with E-state index >= 15 is 0 Å². The number of hydrogen-bond acceptors (Lipinski definition) is 6. The molecule has 0 aliphatic carbocycles. The Kier molecular flexibility index (Phi) is 5.71. The van der Waals surface area contributed by atoms with Gasteiger partial charge in [0.25, 0.3) is 5.91 Å². The smallest absolute Gasteiger partial charge is 0.274 e. The van der Waals surface area contributed by atoms with Gasteiger partial charge in [-0.2, -0.15) is 0 Å². The van der Waals surface area contributed by atoms with Crippen LogP contribution in [0.5, 0.6) is 0 Å². The number of halogens is 1. The number of anilines is 2. The monoisotopic (exact) mass is 404 g/mol. The van der Waals surface area contributed by atoms with Crippen molar-refractivity contribution in [1.82, 2.24) is 15.0 Å². The summed E-state index contributed by atoms with van der Waals surface area (Å²) < 4.78 is 14.3. The van der Waals surface area contributed by atoms with Gasteiger partial charge in [-0.15, -0.1) is 0 Å². The van der Waals surface area contributed by atoms with Gasteiger partial charge in [-0.3, -0.25) is 9.78 Å². The number of aromatic nitrogens is 3. The van der Waals surface area contributed by atoms with E-state index in [-0.39, 0.29) is 23.1 Å². The molecular weight excluding hydrogens is 382 g/mol. The molecule has 3 N–H and O–H groups in total. The molecule has 152 valence electrons. The highest BCUT2D eigenvalue weighted by molar-refractivity contribution is 6.35. The molecule has 1 aliphatic heterocycles. The van der Waals surface area contributed by atoms with Gasteiger partial charge in [-0.1, -0.05) is 17.6 Å². The summed E-state index contributed by atoms with van der Waals surface area (Å²) in [6.45, 7) is 1.59. The lowest BCUT2D eigenvalue weighted by Crippen LogP contribution is -2.43. The minimum atomic E-state index is -0.427. The molecule has 1 aromatic carbocycles. The highest BCUT2D eigenvalue weighted by Crippen LogP contribution is 2.27. The number of carbonyl (C=O) groups excluding carboxylic acids is 1. The standard InChI is InChI=1S/C21H22BFN6O/c22-14-4-1-5-15(23)19(14)20-26-9-6-16(27-20)21(30)28-17-11-25-8-7-18(17)29-10-2-3-13(24)12-29/h1,4-9,11,13H,2-3,10,12,22,24H2,(H,28,30)/t13-/m0/s1. The van der Waals surface area contributed by atoms with Gasteiger partial charge in [0.1, 0.15) is 19.4 Å². The predicted octanol–water partition coefficient (Wildman–Crippen LogP) is 1.12. The first-order chi connectivity index (χ1) is 14.5. The van der Waals surface area contributed by atoms with E-state index in [1.807, 2.05) is 6.07 Å². The fourth-order valence-corrected chi connectivity index (χ4v) is 3.70. The molecule has 1 saturated heterocycles. The number of hydrogen-bond donors (Lipinski definition) is 2. The summed E-state index contributed by atoms with van der Waals surface area (Å²) >= 11 is 0. The topological polar surface area (TPSA) is 97.0 Å². The van der Waals surface area contributed by atoms with Gasteiger partial charge in [0.05, 0.1) is 17.6 Å². The van der Waals surface area contributed by atoms with E-state index in [1.165, 1.54) is 18.3 Å². The highest BCUT2D eigenvalue weighted by Gasteiger charge is 2.21. The van der Waals surface area contributed by atoms with Gasteiger partial charge >= 0.3 is 0 Å². The van der Waals surface area contributed by atoms with Crippen molar-refractivity contribution in [2.75, 3.05) is 23.3 Å². The van der Waals surface area contributed by atoms with Crippen molar-refractivity contribution < 1.29 is 9.18 Å². The molecular formula is C21H22BFN6O. The Morgan fingerprint density at radius 1 is 1.27 bits per heavy atom. The second kappa shape index (κ2) is 8.58. The Hall–Kier alpha value is -3.33. The number of amides is 1. The Bertz CT molecular complexity index is 1060. The number of nitrogens with two attached hydrogens (primary N) is 1. The van der Waals surface area contributed by atoms with Crippen molar-refractivity contribution >= 4 is 30.6 Å². The lowest BCUT2D eigenvalue weighted by Gasteiger charge is -2.33. The van der Waals surface area contributed by atoms with Crippen molar-refractivity contribution in [2.24, 2.45) is 5.73 Å². The Morgan fingerprint density at radius 2 is 2.13 bits per heavy atom. The van der Waals surface area contributed by atoms with Crippen LogP contribution in [0.25, 0.3) is 11.4 Å². The molecule has 0 unspecified atom stereocenters. The van der Waals surface area contributed by atoms with Crippen LogP contribution in [0.4, 0.5) is 15.8 Å². The van der Waals surface area contributed by atoms with Crippen molar-refractivity contribution in [3.63, 3.8) is 0 Å². The molecule has 0 bridgehead atoms. The second-order valence-corrected chi connectivity index (χ2v) is 7.39. The molecule has 2 aromatic heterocycles. The minimum Gasteiger partial charge on any atom is -0.368 e. The van der Waals surface area contributed by atoms with Crippen LogP contribution < -0.4 is 21.4 Å². The summed E-state index contributed by atoms with van der Waals surface area (Å²) in [5.41, 5.74) is 8.69. The minimum absolute atomic E-state index is 0.101. The molecule has 3 heterocycles. The second-order valence-electron chi connectivity index (χ2n) is 7.39. The van der Waals surface area contributed by atoms with Gasteiger partial charge < -0.3 is 16.0 Å². The van der Waals surface area contributed by atoms with Crippen LogP contribution in [-0.2, 0) is 0 Å². The summed E-state index contributed by atoms with van der Waals surface area (Å²) in [6, 6.07) is 8.22. The van der Waals surface area contributed by atoms with Crippen LogP contribution >= 0.6 is 0 Å². The van der Waals surface area contributed by atoms with Crippen LogP contribution in [0.3, 0.4) is 0 Å². The number of pyridine rings is 1. The van der Waals surface area contributed by atoms with E-state index in [0.29, 0.717) is 11.2 Å². The number of nitrogens with zero attached hydrogens (tertiary/aromatic N) is 4. The lowest BCUT2D eigenvalue weighted by atomic mass is 9.90. The summed E-state index contributed by atoms with van der Waals surface area (Å²) in [4.78, 5) is 27.6. The SMILES string of the molecule is Bc1cccc(F)c1-c1nccc(C(=O)Nc2cnccc2N2CCC[C@H](N)C2)n1. The third-order valence-corrected chi connectivity index (χ3v) is 5.18. The maximum absolute atomic E-state index is 14.3. The van der Waals surface area contributed by atoms with E-state index in [2.05, 4.69) is 25.2 Å². The van der Waals surface area contributed by atoms with Crippen LogP contribution in [-0.4, -0.2) is 47.8 Å². The largest absolute Gasteiger partial charge is 0.368 e. The van der Waals surface area contributed by atoms with Gasteiger partial charge in [-0.25, -0.2) is 14.4 Å². The lowest BCUT2D eigenvalue weighted by molar-refractivity contribution is 0.102. The Morgan fingerprint density at radius 3 is 2.93 bits per heavy atom. The Labute approximate surface area is 175 Å². The summed E-state index contributed by atoms with van der Waals surface area (Å²) in [6.07, 6.45) is 6.73. The maximum atomic E-state index is 14.3. The number of rotatable bonds is 4. The van der Waals surface area contributed by atoms with E-state index in [1.54, 1.807) is 32.4 Å². The molecule has 4 rings (SSSR count). The molecule has 0 radical (unpaired) electrons. The first-order valence-electron chi connectivity index (χ1n) is 9.87. The van der Waals surface area contributed by atoms with E-state index in [4.69, 9.17) is 5.73 Å². The molecule has 3 aromatic rings. The van der Waals surface area contributed by atoms with Gasteiger partial charge in [0, 0.05) is 37.1 Å². The number of carbonyl (C=O) groups is 1. The molecule has 1 aliphatic rings. The van der Waals surface area contributed by atoms with Crippen LogP contribution in [0.15, 0.2) is 48.9 Å². The first kappa shape index (κ1) is 20.0. The molecule has 7 nitrogen and oxygen atoms in total. The number of piperidine rings is 1. The normalized spacial score (nSPS) is 16.3. The van der Waals surface area contributed by atoms with Crippen LogP contribution in [0.2, 0.25) is 0 Å². The zero-order chi connectivity index (χ0) is 21.1. The van der Waals surface area contributed by atoms with Crippen molar-refractivity contribution in [1.29, 1.82) is 0 Å². The van der Waals surface area contributed by atoms with E-state index in [9.17, 15) is 9.18 Å². The summed E-state index contributed by atoms with van der Waals surface area (Å²) in [5.74, 6) is -0.668. The van der Waals surface area contributed by atoms with Crippen LogP contribution in [0.1, 0.15) is 23.3 Å². The van der Waals surface area contributed by atoms with Crippen molar-refractivity contribution in [3.8, 4) is 11.4 Å².